The van der Waals surface area contributed by atoms with Crippen LogP contribution in [0.3, 0.4) is 0 Å². The Bertz CT molecular complexity index is 338. The molecule has 1 aromatic rings. The van der Waals surface area contributed by atoms with Gasteiger partial charge in [0.2, 0.25) is 0 Å². The summed E-state index contributed by atoms with van der Waals surface area (Å²) in [7, 11) is 0. The molecule has 1 aliphatic rings. The number of nitrogens with one attached hydrogen (secondary N) is 1. The van der Waals surface area contributed by atoms with Crippen molar-refractivity contribution in [2.75, 3.05) is 12.3 Å². The van der Waals surface area contributed by atoms with E-state index in [1.807, 2.05) is 12.1 Å². The van der Waals surface area contributed by atoms with Gasteiger partial charge >= 0.3 is 0 Å². The second-order valence-electron chi connectivity index (χ2n) is 4.24. The minimum atomic E-state index is -0.0986. The van der Waals surface area contributed by atoms with Crippen molar-refractivity contribution < 1.29 is 4.39 Å². The Morgan fingerprint density at radius 1 is 1.44 bits per heavy atom. The highest BCUT2D eigenvalue weighted by Gasteiger charge is 2.30. The van der Waals surface area contributed by atoms with Gasteiger partial charge in [0.15, 0.2) is 0 Å². The first kappa shape index (κ1) is 11.9. The van der Waals surface area contributed by atoms with Crippen molar-refractivity contribution in [3.63, 3.8) is 0 Å². The Hall–Kier alpha value is -0.540. The highest BCUT2D eigenvalue weighted by Crippen LogP contribution is 2.35. The molecule has 0 heterocycles. The Morgan fingerprint density at radius 2 is 2.19 bits per heavy atom. The van der Waals surface area contributed by atoms with Crippen molar-refractivity contribution >= 4 is 11.8 Å². The minimum Gasteiger partial charge on any atom is -0.313 e. The predicted molar refractivity (Wildman–Crippen MR) is 67.3 cm³/mol. The fraction of sp³-hybridized carbons (Fsp3) is 0.538. The molecule has 1 nitrogen and oxygen atoms in total. The van der Waals surface area contributed by atoms with Crippen molar-refractivity contribution in [1.82, 2.24) is 5.32 Å². The lowest BCUT2D eigenvalue weighted by Crippen LogP contribution is -2.33. The lowest BCUT2D eigenvalue weighted by molar-refractivity contribution is 0.519. The molecule has 2 rings (SSSR count). The first-order valence-corrected chi connectivity index (χ1v) is 6.90. The maximum atomic E-state index is 13.4. The second-order valence-corrected chi connectivity index (χ2v) is 5.30. The summed E-state index contributed by atoms with van der Waals surface area (Å²) in [6, 6.07) is 7.57. The summed E-state index contributed by atoms with van der Waals surface area (Å²) in [5, 5.41) is 3.49. The third-order valence-corrected chi connectivity index (χ3v) is 4.08. The minimum absolute atomic E-state index is 0.0986. The molecule has 1 aromatic carbocycles. The summed E-state index contributed by atoms with van der Waals surface area (Å²) in [4.78, 5) is 0.769. The van der Waals surface area contributed by atoms with Crippen LogP contribution in [0.5, 0.6) is 0 Å². The molecule has 1 unspecified atom stereocenters. The van der Waals surface area contributed by atoms with E-state index in [9.17, 15) is 4.39 Å². The van der Waals surface area contributed by atoms with Gasteiger partial charge < -0.3 is 5.32 Å². The molecule has 0 saturated heterocycles. The van der Waals surface area contributed by atoms with Crippen molar-refractivity contribution in [3.8, 4) is 0 Å². The highest BCUT2D eigenvalue weighted by molar-refractivity contribution is 7.99. The highest BCUT2D eigenvalue weighted by atomic mass is 32.2. The fourth-order valence-electron chi connectivity index (χ4n) is 1.86. The smallest absolute Gasteiger partial charge is 0.136 e. The summed E-state index contributed by atoms with van der Waals surface area (Å²) < 4.78 is 13.4. The van der Waals surface area contributed by atoms with Crippen molar-refractivity contribution in [2.45, 2.75) is 30.7 Å². The molecule has 0 aromatic heterocycles. The first-order valence-electron chi connectivity index (χ1n) is 5.92. The largest absolute Gasteiger partial charge is 0.313 e. The second kappa shape index (κ2) is 5.69. The molecule has 1 saturated carbocycles. The molecule has 3 heteroatoms. The number of thioether (sulfide) groups is 1. The van der Waals surface area contributed by atoms with E-state index >= 15 is 0 Å². The Kier molecular flexibility index (Phi) is 4.24. The molecule has 0 bridgehead atoms. The average Bonchev–Trinajstić information content (AvgIpc) is 3.10. The number of hydrogen-bond acceptors (Lipinski definition) is 2. The van der Waals surface area contributed by atoms with Crippen LogP contribution in [0.4, 0.5) is 4.39 Å². The van der Waals surface area contributed by atoms with Gasteiger partial charge in [-0.25, -0.2) is 4.39 Å². The standard InChI is InChI=1S/C13H18FNS/c1-2-15-12(10-7-8-10)9-16-13-6-4-3-5-11(13)14/h3-6,10,12,15H,2,7-9H2,1H3. The summed E-state index contributed by atoms with van der Waals surface area (Å²) >= 11 is 1.63. The van der Waals surface area contributed by atoms with Crippen LogP contribution in [0.25, 0.3) is 0 Å². The normalized spacial score (nSPS) is 17.4. The lowest BCUT2D eigenvalue weighted by Gasteiger charge is -2.16. The molecule has 0 amide bonds. The zero-order chi connectivity index (χ0) is 11.4. The van der Waals surface area contributed by atoms with Crippen LogP contribution in [0.2, 0.25) is 0 Å². The molecule has 0 spiro atoms. The monoisotopic (exact) mass is 239 g/mol. The van der Waals surface area contributed by atoms with E-state index in [-0.39, 0.29) is 5.82 Å². The topological polar surface area (TPSA) is 12.0 Å². The van der Waals surface area contributed by atoms with E-state index in [1.165, 1.54) is 18.9 Å². The fourth-order valence-corrected chi connectivity index (χ4v) is 2.99. The Balaban J connectivity index is 1.87. The predicted octanol–water partition coefficient (Wildman–Crippen LogP) is 3.31. The van der Waals surface area contributed by atoms with Gasteiger partial charge in [-0.15, -0.1) is 11.8 Å². The maximum absolute atomic E-state index is 13.4. The quantitative estimate of drug-likeness (QED) is 0.764. The number of benzene rings is 1. The molecule has 1 atom stereocenters. The van der Waals surface area contributed by atoms with Gasteiger partial charge in [0, 0.05) is 16.7 Å². The molecule has 1 aliphatic carbocycles. The van der Waals surface area contributed by atoms with Crippen LogP contribution in [0.1, 0.15) is 19.8 Å². The van der Waals surface area contributed by atoms with Crippen LogP contribution in [-0.4, -0.2) is 18.3 Å². The third-order valence-electron chi connectivity index (χ3n) is 2.91. The van der Waals surface area contributed by atoms with E-state index in [0.29, 0.717) is 6.04 Å². The van der Waals surface area contributed by atoms with E-state index < -0.39 is 0 Å². The van der Waals surface area contributed by atoms with Crippen LogP contribution in [-0.2, 0) is 0 Å². The number of rotatable bonds is 6. The number of hydrogen-bond donors (Lipinski definition) is 1. The van der Waals surface area contributed by atoms with Crippen LogP contribution >= 0.6 is 11.8 Å². The summed E-state index contributed by atoms with van der Waals surface area (Å²) in [6.45, 7) is 3.13. The van der Waals surface area contributed by atoms with E-state index in [1.54, 1.807) is 17.8 Å². The molecule has 88 valence electrons. The Labute approximate surface area is 101 Å². The molecule has 1 N–H and O–H groups in total. The van der Waals surface area contributed by atoms with Gasteiger partial charge in [-0.2, -0.15) is 0 Å². The lowest BCUT2D eigenvalue weighted by atomic mass is 10.2. The summed E-state index contributed by atoms with van der Waals surface area (Å²) in [5.74, 6) is 1.69. The molecule has 16 heavy (non-hydrogen) atoms. The molecule has 0 aliphatic heterocycles. The van der Waals surface area contributed by atoms with Gasteiger partial charge in [0.1, 0.15) is 5.82 Å². The van der Waals surface area contributed by atoms with E-state index in [2.05, 4.69) is 12.2 Å². The molecule has 0 radical (unpaired) electrons. The van der Waals surface area contributed by atoms with Crippen LogP contribution < -0.4 is 5.32 Å². The van der Waals surface area contributed by atoms with Gasteiger partial charge in [-0.3, -0.25) is 0 Å². The van der Waals surface area contributed by atoms with Gasteiger partial charge in [0.05, 0.1) is 0 Å². The average molecular weight is 239 g/mol. The zero-order valence-electron chi connectivity index (χ0n) is 9.58. The summed E-state index contributed by atoms with van der Waals surface area (Å²) in [6.07, 6.45) is 2.66. The maximum Gasteiger partial charge on any atom is 0.136 e. The van der Waals surface area contributed by atoms with Gasteiger partial charge in [-0.05, 0) is 37.4 Å². The van der Waals surface area contributed by atoms with Crippen molar-refractivity contribution in [3.05, 3.63) is 30.1 Å². The van der Waals surface area contributed by atoms with Crippen molar-refractivity contribution in [1.29, 1.82) is 0 Å². The van der Waals surface area contributed by atoms with Crippen LogP contribution in [0.15, 0.2) is 29.2 Å². The molecular formula is C13H18FNS. The summed E-state index contributed by atoms with van der Waals surface area (Å²) in [5.41, 5.74) is 0. The van der Waals surface area contributed by atoms with E-state index in [4.69, 9.17) is 0 Å². The number of halogens is 1. The van der Waals surface area contributed by atoms with Crippen LogP contribution in [0, 0.1) is 11.7 Å². The third kappa shape index (κ3) is 3.22. The molecular weight excluding hydrogens is 221 g/mol. The zero-order valence-corrected chi connectivity index (χ0v) is 10.4. The van der Waals surface area contributed by atoms with Gasteiger partial charge in [-0.1, -0.05) is 19.1 Å². The SMILES string of the molecule is CCNC(CSc1ccccc1F)C1CC1. The molecule has 1 fully saturated rings. The van der Waals surface area contributed by atoms with E-state index in [0.717, 1.165) is 23.1 Å². The first-order chi connectivity index (χ1) is 7.81. The van der Waals surface area contributed by atoms with Gasteiger partial charge in [0.25, 0.3) is 0 Å². The Morgan fingerprint density at radius 3 is 2.81 bits per heavy atom. The van der Waals surface area contributed by atoms with Crippen molar-refractivity contribution in [2.24, 2.45) is 5.92 Å².